The first-order valence-electron chi connectivity index (χ1n) is 11.4. The van der Waals surface area contributed by atoms with Crippen LogP contribution in [0.15, 0.2) is 24.4 Å². The fraction of sp³-hybridized carbons (Fsp3) is 0.429. The number of hydrogen-bond donors (Lipinski definition) is 3. The van der Waals surface area contributed by atoms with Crippen molar-refractivity contribution in [2.24, 2.45) is 7.05 Å². The number of methoxy groups -OCH3 is 1. The minimum absolute atomic E-state index is 0.0233. The molecule has 0 unspecified atom stereocenters. The van der Waals surface area contributed by atoms with E-state index in [2.05, 4.69) is 30.6 Å². The van der Waals surface area contributed by atoms with Crippen molar-refractivity contribution in [1.82, 2.24) is 29.9 Å². The Morgan fingerprint density at radius 3 is 2.97 bits per heavy atom. The highest BCUT2D eigenvalue weighted by molar-refractivity contribution is 5.99. The van der Waals surface area contributed by atoms with E-state index in [0.29, 0.717) is 29.4 Å². The van der Waals surface area contributed by atoms with Crippen LogP contribution in [0.4, 0.5) is 5.95 Å². The van der Waals surface area contributed by atoms with Crippen molar-refractivity contribution in [3.8, 4) is 17.0 Å². The molecule has 0 radical (unpaired) electrons. The minimum atomic E-state index is -2.67. The van der Waals surface area contributed by atoms with Gasteiger partial charge >= 0.3 is 0 Å². The van der Waals surface area contributed by atoms with Crippen LogP contribution in [0.1, 0.15) is 36.7 Å². The van der Waals surface area contributed by atoms with Gasteiger partial charge in [0.15, 0.2) is 0 Å². The highest BCUT2D eigenvalue weighted by atomic mass is 16.5. The molecular formula is C21H25N7O2. The zero-order valence-corrected chi connectivity index (χ0v) is 16.8. The van der Waals surface area contributed by atoms with Gasteiger partial charge < -0.3 is 20.1 Å². The number of anilines is 1. The molecule has 0 spiro atoms. The average molecular weight is 410 g/mol. The topological polar surface area (TPSA) is 114 Å². The highest BCUT2D eigenvalue weighted by Gasteiger charge is 2.29. The number of aromatic amines is 1. The number of ether oxygens (including phenoxy) is 1. The standard InChI is InChI=1S/C21H25N7O2/c1-21(29)8-6-13(7-9-21)23-20-24-18-17(19(25-20)30-3)14(11-22-18)12-4-5-15-16(10-12)28(2)27-26-15/h4-5,10-11,13,29H,6-9H2,1-3H3,(H2,22,23,24,25)/i3D3. The van der Waals surface area contributed by atoms with Crippen molar-refractivity contribution >= 4 is 28.0 Å². The number of nitrogens with zero attached hydrogens (tertiary/aromatic N) is 5. The summed E-state index contributed by atoms with van der Waals surface area (Å²) in [6, 6.07) is 5.75. The lowest BCUT2D eigenvalue weighted by atomic mass is 9.84. The van der Waals surface area contributed by atoms with Gasteiger partial charge in [-0.3, -0.25) is 0 Å². The Labute approximate surface area is 177 Å². The number of rotatable bonds is 4. The lowest BCUT2D eigenvalue weighted by Crippen LogP contribution is -2.36. The molecular weight excluding hydrogens is 382 g/mol. The predicted octanol–water partition coefficient (Wildman–Crippen LogP) is 3.02. The third kappa shape index (κ3) is 3.24. The van der Waals surface area contributed by atoms with Crippen molar-refractivity contribution in [3.63, 3.8) is 0 Å². The van der Waals surface area contributed by atoms with Crippen LogP contribution >= 0.6 is 0 Å². The van der Waals surface area contributed by atoms with Gasteiger partial charge in [-0.25, -0.2) is 4.68 Å². The van der Waals surface area contributed by atoms with Crippen LogP contribution in [0.5, 0.6) is 5.88 Å². The van der Waals surface area contributed by atoms with Crippen molar-refractivity contribution in [2.75, 3.05) is 12.4 Å². The monoisotopic (exact) mass is 410 g/mol. The number of fused-ring (bicyclic) bond motifs is 2. The van der Waals surface area contributed by atoms with Gasteiger partial charge in [0.05, 0.1) is 27.7 Å². The molecule has 1 aliphatic rings. The molecule has 3 aromatic heterocycles. The summed E-state index contributed by atoms with van der Waals surface area (Å²) >= 11 is 0. The molecule has 3 N–H and O–H groups in total. The molecule has 1 aromatic carbocycles. The van der Waals surface area contributed by atoms with E-state index >= 15 is 0 Å². The van der Waals surface area contributed by atoms with E-state index in [1.54, 1.807) is 10.9 Å². The average Bonchev–Trinajstić information content (AvgIpc) is 3.32. The summed E-state index contributed by atoms with van der Waals surface area (Å²) in [5.41, 5.74) is 2.95. The first-order chi connectivity index (χ1) is 15.6. The van der Waals surface area contributed by atoms with Crippen LogP contribution in [-0.4, -0.2) is 53.7 Å². The minimum Gasteiger partial charge on any atom is -0.480 e. The number of nitrogens with one attached hydrogen (secondary N) is 2. The van der Waals surface area contributed by atoms with Crippen molar-refractivity contribution < 1.29 is 14.0 Å². The molecule has 0 aliphatic heterocycles. The van der Waals surface area contributed by atoms with Crippen LogP contribution in [0.2, 0.25) is 0 Å². The van der Waals surface area contributed by atoms with Crippen LogP contribution in [0, 0.1) is 0 Å². The first-order valence-corrected chi connectivity index (χ1v) is 9.95. The molecule has 9 heteroatoms. The fourth-order valence-electron chi connectivity index (χ4n) is 4.13. The third-order valence-corrected chi connectivity index (χ3v) is 5.91. The zero-order chi connectivity index (χ0) is 23.4. The molecule has 30 heavy (non-hydrogen) atoms. The Kier molecular flexibility index (Phi) is 3.61. The van der Waals surface area contributed by atoms with E-state index in [1.165, 1.54) is 0 Å². The van der Waals surface area contributed by atoms with Gasteiger partial charge in [-0.15, -0.1) is 5.10 Å². The second-order valence-corrected chi connectivity index (χ2v) is 8.21. The highest BCUT2D eigenvalue weighted by Crippen LogP contribution is 2.36. The summed E-state index contributed by atoms with van der Waals surface area (Å²) in [6.07, 6.45) is 4.63. The van der Waals surface area contributed by atoms with E-state index in [9.17, 15) is 5.11 Å². The maximum atomic E-state index is 10.2. The fourth-order valence-corrected chi connectivity index (χ4v) is 4.13. The van der Waals surface area contributed by atoms with E-state index in [0.717, 1.165) is 29.4 Å². The SMILES string of the molecule is [2H]C([2H])([2H])Oc1nc(NC2CCC(C)(O)CC2)nc2[nH]cc(-c3ccc4nnn(C)c4c3)c12. The van der Waals surface area contributed by atoms with Crippen LogP contribution < -0.4 is 10.1 Å². The maximum absolute atomic E-state index is 10.2. The second-order valence-electron chi connectivity index (χ2n) is 8.21. The summed E-state index contributed by atoms with van der Waals surface area (Å²) in [5, 5.41) is 22.1. The van der Waals surface area contributed by atoms with Gasteiger partial charge in [-0.2, -0.15) is 9.97 Å². The zero-order valence-electron chi connectivity index (χ0n) is 19.8. The second kappa shape index (κ2) is 6.94. The lowest BCUT2D eigenvalue weighted by molar-refractivity contribution is 0.0195. The number of aryl methyl sites for hydroxylation is 1. The van der Waals surface area contributed by atoms with Gasteiger partial charge in [0.1, 0.15) is 11.2 Å². The quantitative estimate of drug-likeness (QED) is 0.474. The number of H-pyrrole nitrogens is 1. The summed E-state index contributed by atoms with van der Waals surface area (Å²) < 4.78 is 29.9. The van der Waals surface area contributed by atoms with E-state index in [4.69, 9.17) is 8.85 Å². The Morgan fingerprint density at radius 2 is 2.17 bits per heavy atom. The number of hydrogen-bond acceptors (Lipinski definition) is 7. The number of aromatic nitrogens is 6. The normalized spacial score (nSPS) is 23.8. The third-order valence-electron chi connectivity index (χ3n) is 5.91. The van der Waals surface area contributed by atoms with Gasteiger partial charge in [-0.05, 0) is 50.3 Å². The van der Waals surface area contributed by atoms with Crippen molar-refractivity contribution in [3.05, 3.63) is 24.4 Å². The predicted molar refractivity (Wildman–Crippen MR) is 114 cm³/mol. The first kappa shape index (κ1) is 15.6. The molecule has 0 amide bonds. The van der Waals surface area contributed by atoms with Crippen molar-refractivity contribution in [1.29, 1.82) is 0 Å². The Balaban J connectivity index is 1.55. The molecule has 0 bridgehead atoms. The molecule has 1 aliphatic carbocycles. The molecule has 4 aromatic rings. The molecule has 3 heterocycles. The molecule has 0 atom stereocenters. The van der Waals surface area contributed by atoms with Crippen molar-refractivity contribution in [2.45, 2.75) is 44.2 Å². The van der Waals surface area contributed by atoms with Crippen LogP contribution in [0.3, 0.4) is 0 Å². The van der Waals surface area contributed by atoms with Gasteiger partial charge in [-0.1, -0.05) is 11.3 Å². The summed E-state index contributed by atoms with van der Waals surface area (Å²) in [5.74, 6) is 0.262. The van der Waals surface area contributed by atoms with Crippen LogP contribution in [0.25, 0.3) is 33.2 Å². The molecule has 1 fully saturated rings. The Bertz CT molecular complexity index is 1320. The largest absolute Gasteiger partial charge is 0.480 e. The van der Waals surface area contributed by atoms with Gasteiger partial charge in [0.2, 0.25) is 11.8 Å². The Morgan fingerprint density at radius 1 is 1.33 bits per heavy atom. The van der Waals surface area contributed by atoms with Gasteiger partial charge in [0, 0.05) is 24.8 Å². The molecule has 5 rings (SSSR count). The van der Waals surface area contributed by atoms with E-state index in [1.807, 2.05) is 32.2 Å². The molecule has 156 valence electrons. The lowest BCUT2D eigenvalue weighted by Gasteiger charge is -2.33. The molecule has 9 nitrogen and oxygen atoms in total. The van der Waals surface area contributed by atoms with Gasteiger partial charge in [0.25, 0.3) is 0 Å². The summed E-state index contributed by atoms with van der Waals surface area (Å²) in [6.45, 7) is 1.84. The molecule has 0 saturated heterocycles. The Hall–Kier alpha value is -3.20. The number of aliphatic hydroxyl groups is 1. The van der Waals surface area contributed by atoms with E-state index in [-0.39, 0.29) is 17.9 Å². The maximum Gasteiger partial charge on any atom is 0.228 e. The molecule has 1 saturated carbocycles. The van der Waals surface area contributed by atoms with Crippen LogP contribution in [-0.2, 0) is 7.05 Å². The summed E-state index contributed by atoms with van der Waals surface area (Å²) in [4.78, 5) is 12.1. The number of benzene rings is 1. The van der Waals surface area contributed by atoms with E-state index < -0.39 is 12.6 Å². The smallest absolute Gasteiger partial charge is 0.228 e. The summed E-state index contributed by atoms with van der Waals surface area (Å²) in [7, 11) is -0.865.